The number of rotatable bonds is 8. The Morgan fingerprint density at radius 1 is 1.06 bits per heavy atom. The maximum atomic E-state index is 8.66. The number of imidazole rings is 1. The zero-order chi connectivity index (χ0) is 21.8. The molecule has 31 heavy (non-hydrogen) atoms. The van der Waals surface area contributed by atoms with Gasteiger partial charge in [-0.25, -0.2) is 9.97 Å². The second-order valence-electron chi connectivity index (χ2n) is 6.64. The Bertz CT molecular complexity index is 1300. The van der Waals surface area contributed by atoms with Gasteiger partial charge in [0.1, 0.15) is 28.4 Å². The number of para-hydroxylation sites is 1. The number of nitrogens with zero attached hydrogens (tertiary/aromatic N) is 6. The normalized spacial score (nSPS) is 10.7. The van der Waals surface area contributed by atoms with Gasteiger partial charge in [-0.15, -0.1) is 0 Å². The Morgan fingerprint density at radius 2 is 1.90 bits per heavy atom. The van der Waals surface area contributed by atoms with E-state index in [1.807, 2.05) is 47.0 Å². The maximum absolute atomic E-state index is 8.66. The van der Waals surface area contributed by atoms with E-state index in [2.05, 4.69) is 20.3 Å². The first-order valence-electron chi connectivity index (χ1n) is 9.48. The van der Waals surface area contributed by atoms with Crippen LogP contribution < -0.4 is 19.5 Å². The second kappa shape index (κ2) is 8.68. The van der Waals surface area contributed by atoms with Crippen LogP contribution >= 0.6 is 0 Å². The Kier molecular flexibility index (Phi) is 5.63. The quantitative estimate of drug-likeness (QED) is 0.258. The van der Waals surface area contributed by atoms with Gasteiger partial charge in [-0.05, 0) is 29.8 Å². The number of methoxy groups -OCH3 is 3. The molecule has 4 aromatic rings. The molecule has 0 saturated heterocycles. The van der Waals surface area contributed by atoms with Gasteiger partial charge in [0.15, 0.2) is 0 Å². The number of hydrogen-bond donors (Lipinski definition) is 1. The number of aromatic nitrogens is 3. The molecular weight excluding hydrogens is 398 g/mol. The van der Waals surface area contributed by atoms with Gasteiger partial charge in [0.2, 0.25) is 5.95 Å². The van der Waals surface area contributed by atoms with Gasteiger partial charge in [0.25, 0.3) is 0 Å². The highest BCUT2D eigenvalue weighted by Crippen LogP contribution is 2.30. The molecule has 0 fully saturated rings. The molecule has 0 spiro atoms. The first-order valence-corrected chi connectivity index (χ1v) is 9.48. The van der Waals surface area contributed by atoms with Crippen LogP contribution in [0.2, 0.25) is 0 Å². The van der Waals surface area contributed by atoms with Crippen molar-refractivity contribution >= 4 is 22.5 Å². The standard InChI is InChI=1S/C21H21N7O3/c1-29-15-8-7-13(18(9-15)31-3)10-23-21-26-19-16(5-4-6-17(19)30-2)20-25-14(11-24-27-22)12-28(20)21/h4-9,12H,10-11H2,1-3H3,(H,23,26). The van der Waals surface area contributed by atoms with E-state index < -0.39 is 0 Å². The molecule has 0 aliphatic heterocycles. The van der Waals surface area contributed by atoms with Crippen molar-refractivity contribution in [2.75, 3.05) is 26.6 Å². The van der Waals surface area contributed by atoms with Crippen LogP contribution in [-0.4, -0.2) is 35.7 Å². The lowest BCUT2D eigenvalue weighted by Crippen LogP contribution is -2.08. The predicted octanol–water partition coefficient (Wildman–Crippen LogP) is 4.33. The Hall–Kier alpha value is -4.17. The Labute approximate surface area is 178 Å². The van der Waals surface area contributed by atoms with Gasteiger partial charge in [-0.2, -0.15) is 0 Å². The van der Waals surface area contributed by atoms with Crippen molar-refractivity contribution in [2.24, 2.45) is 5.11 Å². The molecule has 0 aliphatic carbocycles. The fourth-order valence-electron chi connectivity index (χ4n) is 3.40. The maximum Gasteiger partial charge on any atom is 0.209 e. The Morgan fingerprint density at radius 3 is 2.65 bits per heavy atom. The molecule has 0 saturated carbocycles. The van der Waals surface area contributed by atoms with Crippen LogP contribution in [0, 0.1) is 0 Å². The topological polar surface area (TPSA) is 119 Å². The van der Waals surface area contributed by atoms with E-state index in [0.29, 0.717) is 46.6 Å². The van der Waals surface area contributed by atoms with Gasteiger partial charge in [0, 0.05) is 34.7 Å². The third-order valence-corrected chi connectivity index (χ3v) is 4.89. The van der Waals surface area contributed by atoms with Crippen LogP contribution in [0.3, 0.4) is 0 Å². The molecule has 0 bridgehead atoms. The molecule has 0 amide bonds. The lowest BCUT2D eigenvalue weighted by molar-refractivity contribution is 0.391. The molecular formula is C21H21N7O3. The van der Waals surface area contributed by atoms with Crippen LogP contribution in [0.5, 0.6) is 17.2 Å². The van der Waals surface area contributed by atoms with Crippen LogP contribution in [0.15, 0.2) is 47.7 Å². The summed E-state index contributed by atoms with van der Waals surface area (Å²) in [6.45, 7) is 0.606. The second-order valence-corrected chi connectivity index (χ2v) is 6.64. The average Bonchev–Trinajstić information content (AvgIpc) is 3.25. The highest BCUT2D eigenvalue weighted by Gasteiger charge is 2.15. The highest BCUT2D eigenvalue weighted by atomic mass is 16.5. The molecule has 2 heterocycles. The largest absolute Gasteiger partial charge is 0.497 e. The van der Waals surface area contributed by atoms with E-state index in [-0.39, 0.29) is 6.54 Å². The summed E-state index contributed by atoms with van der Waals surface area (Å²) >= 11 is 0. The van der Waals surface area contributed by atoms with Crippen molar-refractivity contribution in [2.45, 2.75) is 13.1 Å². The lowest BCUT2D eigenvalue weighted by Gasteiger charge is -2.14. The molecule has 10 heteroatoms. The third-order valence-electron chi connectivity index (χ3n) is 4.89. The van der Waals surface area contributed by atoms with Crippen molar-refractivity contribution in [3.8, 4) is 17.2 Å². The van der Waals surface area contributed by atoms with Gasteiger partial charge in [-0.3, -0.25) is 4.40 Å². The average molecular weight is 419 g/mol. The van der Waals surface area contributed by atoms with E-state index in [4.69, 9.17) is 24.7 Å². The summed E-state index contributed by atoms with van der Waals surface area (Å²) in [7, 11) is 4.84. The molecule has 4 rings (SSSR count). The van der Waals surface area contributed by atoms with Gasteiger partial charge in [0.05, 0.1) is 33.6 Å². The lowest BCUT2D eigenvalue weighted by atomic mass is 10.2. The van der Waals surface area contributed by atoms with Gasteiger partial charge in [-0.1, -0.05) is 11.2 Å². The number of nitrogens with one attached hydrogen (secondary N) is 1. The zero-order valence-electron chi connectivity index (χ0n) is 17.4. The summed E-state index contributed by atoms with van der Waals surface area (Å²) in [6, 6.07) is 11.3. The highest BCUT2D eigenvalue weighted by molar-refractivity contribution is 5.96. The van der Waals surface area contributed by atoms with Crippen LogP contribution in [0.1, 0.15) is 11.3 Å². The molecule has 2 aromatic carbocycles. The molecule has 0 radical (unpaired) electrons. The third kappa shape index (κ3) is 3.84. The zero-order valence-corrected chi connectivity index (χ0v) is 17.4. The van der Waals surface area contributed by atoms with Crippen LogP contribution in [0.4, 0.5) is 5.95 Å². The van der Waals surface area contributed by atoms with Crippen molar-refractivity contribution in [3.05, 3.63) is 64.3 Å². The minimum absolute atomic E-state index is 0.148. The summed E-state index contributed by atoms with van der Waals surface area (Å²) in [5, 5.41) is 7.82. The summed E-state index contributed by atoms with van der Waals surface area (Å²) in [4.78, 5) is 12.3. The van der Waals surface area contributed by atoms with Gasteiger partial charge < -0.3 is 19.5 Å². The number of hydrogen-bond acceptors (Lipinski definition) is 7. The van der Waals surface area contributed by atoms with Crippen molar-refractivity contribution < 1.29 is 14.2 Å². The van der Waals surface area contributed by atoms with Crippen molar-refractivity contribution in [1.82, 2.24) is 14.4 Å². The first-order chi connectivity index (χ1) is 15.2. The van der Waals surface area contributed by atoms with E-state index in [1.54, 1.807) is 21.3 Å². The molecule has 0 aliphatic rings. The molecule has 158 valence electrons. The Balaban J connectivity index is 1.80. The predicted molar refractivity (Wildman–Crippen MR) is 117 cm³/mol. The van der Waals surface area contributed by atoms with Gasteiger partial charge >= 0.3 is 0 Å². The summed E-state index contributed by atoms with van der Waals surface area (Å²) in [5.41, 5.74) is 11.6. The minimum atomic E-state index is 0.148. The smallest absolute Gasteiger partial charge is 0.209 e. The summed E-state index contributed by atoms with van der Waals surface area (Å²) < 4.78 is 18.1. The number of anilines is 1. The van der Waals surface area contributed by atoms with E-state index in [0.717, 1.165) is 10.9 Å². The fourth-order valence-corrected chi connectivity index (χ4v) is 3.40. The molecule has 0 unspecified atom stereocenters. The number of benzene rings is 2. The summed E-state index contributed by atoms with van der Waals surface area (Å²) in [6.07, 6.45) is 1.81. The number of ether oxygens (including phenoxy) is 3. The monoisotopic (exact) mass is 419 g/mol. The fraction of sp³-hybridized carbons (Fsp3) is 0.238. The van der Waals surface area contributed by atoms with E-state index >= 15 is 0 Å². The molecule has 1 N–H and O–H groups in total. The van der Waals surface area contributed by atoms with Crippen molar-refractivity contribution in [1.29, 1.82) is 0 Å². The molecule has 2 aromatic heterocycles. The molecule has 10 nitrogen and oxygen atoms in total. The first kappa shape index (κ1) is 20.1. The minimum Gasteiger partial charge on any atom is -0.497 e. The SMILES string of the molecule is COc1ccc(CNc2nc3c(OC)cccc3c3nc(CN=[N+]=[N-])cn23)c(OC)c1. The van der Waals surface area contributed by atoms with Crippen molar-refractivity contribution in [3.63, 3.8) is 0 Å². The van der Waals surface area contributed by atoms with E-state index in [1.165, 1.54) is 0 Å². The number of fused-ring (bicyclic) bond motifs is 3. The summed E-state index contributed by atoms with van der Waals surface area (Å²) in [5.74, 6) is 2.64. The van der Waals surface area contributed by atoms with Crippen LogP contribution in [-0.2, 0) is 13.1 Å². The number of azide groups is 1. The molecule has 0 atom stereocenters. The van der Waals surface area contributed by atoms with E-state index in [9.17, 15) is 0 Å². The van der Waals surface area contributed by atoms with Crippen LogP contribution in [0.25, 0.3) is 27.0 Å².